The zero-order valence-corrected chi connectivity index (χ0v) is 16.1. The lowest BCUT2D eigenvalue weighted by Crippen LogP contribution is -2.32. The Bertz CT molecular complexity index is 1030. The second kappa shape index (κ2) is 7.93. The molecule has 28 heavy (non-hydrogen) atoms. The normalized spacial score (nSPS) is 15.6. The predicted octanol–water partition coefficient (Wildman–Crippen LogP) is 2.19. The van der Waals surface area contributed by atoms with Gasteiger partial charge in [0.15, 0.2) is 5.65 Å². The summed E-state index contributed by atoms with van der Waals surface area (Å²) in [5.74, 6) is 1.43. The molecule has 0 saturated carbocycles. The van der Waals surface area contributed by atoms with E-state index in [1.807, 2.05) is 12.1 Å². The Labute approximate surface area is 163 Å². The summed E-state index contributed by atoms with van der Waals surface area (Å²) in [5, 5.41) is 3.67. The van der Waals surface area contributed by atoms with Gasteiger partial charge in [0.05, 0.1) is 12.0 Å². The molecule has 4 rings (SSSR count). The quantitative estimate of drug-likeness (QED) is 0.726. The van der Waals surface area contributed by atoms with Crippen LogP contribution in [0.1, 0.15) is 12.8 Å². The minimum Gasteiger partial charge on any atom is -0.476 e. The van der Waals surface area contributed by atoms with Gasteiger partial charge >= 0.3 is 0 Å². The molecule has 3 aromatic heterocycles. The van der Waals surface area contributed by atoms with Crippen LogP contribution in [0.3, 0.4) is 0 Å². The number of nitrogens with zero attached hydrogens (tertiary/aromatic N) is 5. The van der Waals surface area contributed by atoms with Crippen LogP contribution < -0.4 is 15.6 Å². The summed E-state index contributed by atoms with van der Waals surface area (Å²) in [6.45, 7) is 2.82. The highest BCUT2D eigenvalue weighted by Crippen LogP contribution is 2.26. The lowest BCUT2D eigenvalue weighted by Gasteiger charge is -2.28. The lowest BCUT2D eigenvalue weighted by atomic mass is 9.98. The van der Waals surface area contributed by atoms with Gasteiger partial charge in [-0.05, 0) is 63.2 Å². The van der Waals surface area contributed by atoms with E-state index in [1.54, 1.807) is 31.6 Å². The Kier molecular flexibility index (Phi) is 5.21. The van der Waals surface area contributed by atoms with Crippen molar-refractivity contribution in [1.29, 1.82) is 0 Å². The van der Waals surface area contributed by atoms with Crippen molar-refractivity contribution >= 4 is 22.7 Å². The summed E-state index contributed by atoms with van der Waals surface area (Å²) in [6, 6.07) is 7.14. The lowest BCUT2D eigenvalue weighted by molar-refractivity contribution is 0.157. The third kappa shape index (κ3) is 3.82. The Balaban J connectivity index is 1.55. The van der Waals surface area contributed by atoms with Crippen LogP contribution in [0.5, 0.6) is 5.88 Å². The van der Waals surface area contributed by atoms with Gasteiger partial charge in [0.25, 0.3) is 5.56 Å². The van der Waals surface area contributed by atoms with Crippen molar-refractivity contribution in [2.75, 3.05) is 32.1 Å². The number of fused-ring (bicyclic) bond motifs is 1. The summed E-state index contributed by atoms with van der Waals surface area (Å²) in [4.78, 5) is 28.0. The van der Waals surface area contributed by atoms with Gasteiger partial charge in [-0.25, -0.2) is 9.97 Å². The van der Waals surface area contributed by atoms with E-state index in [2.05, 4.69) is 32.2 Å². The van der Waals surface area contributed by atoms with Crippen LogP contribution in [0.4, 0.5) is 11.6 Å². The average Bonchev–Trinajstić information content (AvgIpc) is 2.72. The van der Waals surface area contributed by atoms with Gasteiger partial charge in [-0.1, -0.05) is 0 Å². The number of piperidine rings is 1. The highest BCUT2D eigenvalue weighted by molar-refractivity contribution is 5.75. The summed E-state index contributed by atoms with van der Waals surface area (Å²) in [7, 11) is 3.83. The van der Waals surface area contributed by atoms with Crippen molar-refractivity contribution in [1.82, 2.24) is 24.4 Å². The number of aromatic nitrogens is 4. The molecule has 1 saturated heterocycles. The number of hydrogen-bond acceptors (Lipinski definition) is 7. The molecule has 1 fully saturated rings. The molecule has 8 nitrogen and oxygen atoms in total. The van der Waals surface area contributed by atoms with Gasteiger partial charge in [0.2, 0.25) is 11.8 Å². The number of anilines is 2. The molecule has 1 aliphatic rings. The number of ether oxygens (including phenoxy) is 1. The summed E-state index contributed by atoms with van der Waals surface area (Å²) in [6.07, 6.45) is 5.57. The number of hydrogen-bond donors (Lipinski definition) is 1. The topological polar surface area (TPSA) is 85.2 Å². The molecular formula is C20H24N6O2. The average molecular weight is 380 g/mol. The number of rotatable bonds is 5. The Morgan fingerprint density at radius 3 is 2.71 bits per heavy atom. The fourth-order valence-corrected chi connectivity index (χ4v) is 3.36. The molecule has 8 heteroatoms. The van der Waals surface area contributed by atoms with Gasteiger partial charge in [0.1, 0.15) is 5.69 Å². The van der Waals surface area contributed by atoms with Crippen molar-refractivity contribution < 1.29 is 4.74 Å². The van der Waals surface area contributed by atoms with E-state index >= 15 is 0 Å². The third-order valence-electron chi connectivity index (χ3n) is 5.16. The van der Waals surface area contributed by atoms with Gasteiger partial charge in [-0.2, -0.15) is 4.98 Å². The molecule has 0 unspecified atom stereocenters. The van der Waals surface area contributed by atoms with Crippen LogP contribution in [0.2, 0.25) is 0 Å². The molecular weight excluding hydrogens is 356 g/mol. The van der Waals surface area contributed by atoms with Crippen molar-refractivity contribution in [3.63, 3.8) is 0 Å². The maximum atomic E-state index is 12.6. The highest BCUT2D eigenvalue weighted by Gasteiger charge is 2.18. The molecule has 0 spiro atoms. The number of pyridine rings is 2. The van der Waals surface area contributed by atoms with Crippen molar-refractivity contribution in [3.05, 3.63) is 47.0 Å². The van der Waals surface area contributed by atoms with Crippen LogP contribution in [0.25, 0.3) is 11.0 Å². The fraction of sp³-hybridized carbons (Fsp3) is 0.400. The zero-order valence-electron chi connectivity index (χ0n) is 16.1. The van der Waals surface area contributed by atoms with Crippen LogP contribution in [0, 0.1) is 5.92 Å². The summed E-state index contributed by atoms with van der Waals surface area (Å²) < 4.78 is 7.49. The molecule has 4 heterocycles. The molecule has 0 amide bonds. The number of nitrogens with one attached hydrogen (secondary N) is 1. The first kappa shape index (κ1) is 18.4. The maximum Gasteiger partial charge on any atom is 0.264 e. The van der Waals surface area contributed by atoms with E-state index in [-0.39, 0.29) is 5.56 Å². The SMILES string of the molecule is CN1CCC(COc2ncccc2Nc2nc3ncccc3c(=O)n2C)CC1. The highest BCUT2D eigenvalue weighted by atomic mass is 16.5. The van der Waals surface area contributed by atoms with Gasteiger partial charge in [-0.3, -0.25) is 9.36 Å². The largest absolute Gasteiger partial charge is 0.476 e. The third-order valence-corrected chi connectivity index (χ3v) is 5.16. The van der Waals surface area contributed by atoms with Crippen LogP contribution in [0.15, 0.2) is 41.5 Å². The van der Waals surface area contributed by atoms with Crippen molar-refractivity contribution in [2.24, 2.45) is 13.0 Å². The van der Waals surface area contributed by atoms with Gasteiger partial charge < -0.3 is 15.0 Å². The Morgan fingerprint density at radius 1 is 1.14 bits per heavy atom. The minimum atomic E-state index is -0.154. The standard InChI is InChI=1S/C20H24N6O2/c1-25-11-7-14(8-12-25)13-28-18-16(6-4-10-22-18)23-20-24-17-15(5-3-9-21-17)19(27)26(20)2/h3-6,9-10,14H,7-8,11-13H2,1-2H3,(H,21,23,24). The van der Waals surface area contributed by atoms with E-state index in [1.165, 1.54) is 4.57 Å². The van der Waals surface area contributed by atoms with E-state index in [9.17, 15) is 4.79 Å². The summed E-state index contributed by atoms with van der Waals surface area (Å²) in [5.41, 5.74) is 0.928. The molecule has 0 aliphatic carbocycles. The Hall–Kier alpha value is -3.00. The molecule has 3 aromatic rings. The molecule has 0 aromatic carbocycles. The van der Waals surface area contributed by atoms with Crippen LogP contribution in [-0.4, -0.2) is 51.2 Å². The summed E-state index contributed by atoms with van der Waals surface area (Å²) >= 11 is 0. The fourth-order valence-electron chi connectivity index (χ4n) is 3.36. The van der Waals surface area contributed by atoms with Crippen molar-refractivity contribution in [3.8, 4) is 5.88 Å². The monoisotopic (exact) mass is 380 g/mol. The van der Waals surface area contributed by atoms with E-state index in [4.69, 9.17) is 4.74 Å². The van der Waals surface area contributed by atoms with Gasteiger partial charge in [-0.15, -0.1) is 0 Å². The maximum absolute atomic E-state index is 12.6. The zero-order chi connectivity index (χ0) is 19.5. The van der Waals surface area contributed by atoms with E-state index in [0.717, 1.165) is 25.9 Å². The number of likely N-dealkylation sites (tertiary alicyclic amines) is 1. The Morgan fingerprint density at radius 2 is 1.89 bits per heavy atom. The van der Waals surface area contributed by atoms with Crippen LogP contribution in [-0.2, 0) is 7.05 Å². The molecule has 0 bridgehead atoms. The molecule has 146 valence electrons. The van der Waals surface area contributed by atoms with Crippen LogP contribution >= 0.6 is 0 Å². The minimum absolute atomic E-state index is 0.154. The molecule has 1 N–H and O–H groups in total. The molecule has 1 aliphatic heterocycles. The van der Waals surface area contributed by atoms with E-state index < -0.39 is 0 Å². The van der Waals surface area contributed by atoms with Crippen molar-refractivity contribution in [2.45, 2.75) is 12.8 Å². The predicted molar refractivity (Wildman–Crippen MR) is 108 cm³/mol. The second-order valence-electron chi connectivity index (χ2n) is 7.21. The second-order valence-corrected chi connectivity index (χ2v) is 7.21. The van der Waals surface area contributed by atoms with Gasteiger partial charge in [0, 0.05) is 19.4 Å². The first-order chi connectivity index (χ1) is 13.6. The first-order valence-electron chi connectivity index (χ1n) is 9.47. The smallest absolute Gasteiger partial charge is 0.264 e. The first-order valence-corrected chi connectivity index (χ1v) is 9.47. The molecule has 0 radical (unpaired) electrons. The van der Waals surface area contributed by atoms with E-state index in [0.29, 0.717) is 41.1 Å². The molecule has 0 atom stereocenters.